The van der Waals surface area contributed by atoms with E-state index < -0.39 is 0 Å². The van der Waals surface area contributed by atoms with Crippen molar-refractivity contribution in [2.45, 2.75) is 33.4 Å². The first-order valence-electron chi connectivity index (χ1n) is 6.75. The highest BCUT2D eigenvalue weighted by Crippen LogP contribution is 2.28. The van der Waals surface area contributed by atoms with Crippen LogP contribution in [0.3, 0.4) is 0 Å². The van der Waals surface area contributed by atoms with Gasteiger partial charge in [0.15, 0.2) is 0 Å². The molecule has 0 saturated carbocycles. The zero-order chi connectivity index (χ0) is 14.7. The molecule has 0 fully saturated rings. The van der Waals surface area contributed by atoms with Gasteiger partial charge in [-0.15, -0.1) is 0 Å². The third-order valence-electron chi connectivity index (χ3n) is 3.26. The Morgan fingerprint density at radius 3 is 2.55 bits per heavy atom. The molecule has 0 spiro atoms. The second-order valence-corrected chi connectivity index (χ2v) is 5.74. The van der Waals surface area contributed by atoms with Gasteiger partial charge in [-0.05, 0) is 47.4 Å². The molecular formula is C17H19ClFN. The Bertz CT molecular complexity index is 608. The first-order chi connectivity index (χ1) is 9.47. The van der Waals surface area contributed by atoms with Gasteiger partial charge in [0.05, 0.1) is 0 Å². The van der Waals surface area contributed by atoms with Crippen molar-refractivity contribution in [2.75, 3.05) is 0 Å². The van der Waals surface area contributed by atoms with Crippen molar-refractivity contribution in [3.05, 3.63) is 58.4 Å². The van der Waals surface area contributed by atoms with E-state index in [4.69, 9.17) is 11.6 Å². The monoisotopic (exact) mass is 291 g/mol. The third kappa shape index (κ3) is 3.59. The summed E-state index contributed by atoms with van der Waals surface area (Å²) >= 11 is 6.09. The van der Waals surface area contributed by atoms with E-state index in [2.05, 4.69) is 19.2 Å². The van der Waals surface area contributed by atoms with E-state index in [1.165, 1.54) is 0 Å². The lowest BCUT2D eigenvalue weighted by atomic mass is 9.98. The van der Waals surface area contributed by atoms with E-state index >= 15 is 0 Å². The van der Waals surface area contributed by atoms with E-state index in [0.717, 1.165) is 23.2 Å². The zero-order valence-electron chi connectivity index (χ0n) is 12.0. The molecule has 106 valence electrons. The van der Waals surface area contributed by atoms with Crippen LogP contribution in [0.25, 0.3) is 11.1 Å². The molecule has 0 unspecified atom stereocenters. The second kappa shape index (κ2) is 6.38. The van der Waals surface area contributed by atoms with Gasteiger partial charge in [0.2, 0.25) is 0 Å². The van der Waals surface area contributed by atoms with Crippen LogP contribution in [0.2, 0.25) is 5.02 Å². The van der Waals surface area contributed by atoms with Crippen LogP contribution in [0.15, 0.2) is 36.4 Å². The Balaban J connectivity index is 2.42. The predicted octanol–water partition coefficient (Wildman–Crippen LogP) is 4.95. The predicted molar refractivity (Wildman–Crippen MR) is 83.6 cm³/mol. The lowest BCUT2D eigenvalue weighted by molar-refractivity contribution is 0.589. The van der Waals surface area contributed by atoms with Crippen molar-refractivity contribution in [1.82, 2.24) is 5.32 Å². The molecule has 0 heterocycles. The molecule has 2 aromatic carbocycles. The molecule has 2 rings (SSSR count). The summed E-state index contributed by atoms with van der Waals surface area (Å²) in [6, 6.07) is 11.4. The molecule has 0 bridgehead atoms. The van der Waals surface area contributed by atoms with Crippen LogP contribution in [-0.4, -0.2) is 6.04 Å². The molecule has 1 N–H and O–H groups in total. The molecule has 20 heavy (non-hydrogen) atoms. The molecule has 0 radical (unpaired) electrons. The molecule has 0 aliphatic heterocycles. The maximum atomic E-state index is 13.8. The van der Waals surface area contributed by atoms with E-state index in [-0.39, 0.29) is 5.82 Å². The fraction of sp³-hybridized carbons (Fsp3) is 0.294. The van der Waals surface area contributed by atoms with Gasteiger partial charge in [-0.1, -0.05) is 43.6 Å². The number of nitrogens with one attached hydrogen (secondary N) is 1. The summed E-state index contributed by atoms with van der Waals surface area (Å²) in [5.74, 6) is -0.190. The summed E-state index contributed by atoms with van der Waals surface area (Å²) in [4.78, 5) is 0. The Labute approximate surface area is 124 Å². The van der Waals surface area contributed by atoms with Crippen LogP contribution in [0.4, 0.5) is 4.39 Å². The minimum atomic E-state index is -0.190. The first kappa shape index (κ1) is 15.0. The van der Waals surface area contributed by atoms with Gasteiger partial charge in [-0.2, -0.15) is 0 Å². The Kier molecular flexibility index (Phi) is 4.79. The lowest BCUT2D eigenvalue weighted by Crippen LogP contribution is -2.22. The van der Waals surface area contributed by atoms with Crippen molar-refractivity contribution in [3.8, 4) is 11.1 Å². The van der Waals surface area contributed by atoms with Crippen LogP contribution in [0.5, 0.6) is 0 Å². The maximum Gasteiger partial charge on any atom is 0.126 e. The Morgan fingerprint density at radius 1 is 1.15 bits per heavy atom. The molecule has 0 aromatic heterocycles. The molecule has 0 saturated heterocycles. The van der Waals surface area contributed by atoms with Gasteiger partial charge in [-0.3, -0.25) is 0 Å². The third-order valence-corrected chi connectivity index (χ3v) is 3.49. The number of halogens is 2. The number of rotatable bonds is 4. The molecule has 1 nitrogen and oxygen atoms in total. The van der Waals surface area contributed by atoms with Crippen molar-refractivity contribution < 1.29 is 4.39 Å². The van der Waals surface area contributed by atoms with E-state index in [1.807, 2.05) is 24.3 Å². The normalized spacial score (nSPS) is 11.1. The SMILES string of the molecule is Cc1ccc(-c2cc(Cl)ccc2CNC(C)C)cc1F. The molecule has 3 heteroatoms. The maximum absolute atomic E-state index is 13.8. The van der Waals surface area contributed by atoms with Gasteiger partial charge in [-0.25, -0.2) is 4.39 Å². The van der Waals surface area contributed by atoms with Crippen molar-refractivity contribution >= 4 is 11.6 Å². The zero-order valence-corrected chi connectivity index (χ0v) is 12.8. The average molecular weight is 292 g/mol. The van der Waals surface area contributed by atoms with Crippen LogP contribution in [0, 0.1) is 12.7 Å². The molecule has 0 aliphatic rings. The Morgan fingerprint density at radius 2 is 1.90 bits per heavy atom. The smallest absolute Gasteiger partial charge is 0.126 e. The van der Waals surface area contributed by atoms with Crippen LogP contribution >= 0.6 is 11.6 Å². The fourth-order valence-corrected chi connectivity index (χ4v) is 2.22. The van der Waals surface area contributed by atoms with Crippen molar-refractivity contribution in [3.63, 3.8) is 0 Å². The van der Waals surface area contributed by atoms with Gasteiger partial charge in [0.1, 0.15) is 5.82 Å². The highest BCUT2D eigenvalue weighted by atomic mass is 35.5. The van der Waals surface area contributed by atoms with E-state index in [1.54, 1.807) is 19.1 Å². The lowest BCUT2D eigenvalue weighted by Gasteiger charge is -2.14. The minimum absolute atomic E-state index is 0.190. The van der Waals surface area contributed by atoms with E-state index in [9.17, 15) is 4.39 Å². The molecule has 0 atom stereocenters. The van der Waals surface area contributed by atoms with Crippen LogP contribution < -0.4 is 5.32 Å². The van der Waals surface area contributed by atoms with Crippen molar-refractivity contribution in [1.29, 1.82) is 0 Å². The topological polar surface area (TPSA) is 12.0 Å². The summed E-state index contributed by atoms with van der Waals surface area (Å²) in [6.07, 6.45) is 0. The van der Waals surface area contributed by atoms with E-state index in [0.29, 0.717) is 16.6 Å². The summed E-state index contributed by atoms with van der Waals surface area (Å²) in [7, 11) is 0. The molecule has 0 aliphatic carbocycles. The number of aryl methyl sites for hydroxylation is 1. The second-order valence-electron chi connectivity index (χ2n) is 5.30. The minimum Gasteiger partial charge on any atom is -0.310 e. The number of hydrogen-bond acceptors (Lipinski definition) is 1. The molecular weight excluding hydrogens is 273 g/mol. The average Bonchev–Trinajstić information content (AvgIpc) is 2.40. The molecule has 2 aromatic rings. The van der Waals surface area contributed by atoms with Gasteiger partial charge >= 0.3 is 0 Å². The molecule has 0 amide bonds. The standard InChI is InChI=1S/C17H19ClFN/c1-11(2)20-10-14-6-7-15(18)9-16(14)13-5-4-12(3)17(19)8-13/h4-9,11,20H,10H2,1-3H3. The summed E-state index contributed by atoms with van der Waals surface area (Å²) < 4.78 is 13.8. The number of hydrogen-bond donors (Lipinski definition) is 1. The first-order valence-corrected chi connectivity index (χ1v) is 7.13. The number of benzene rings is 2. The highest BCUT2D eigenvalue weighted by Gasteiger charge is 2.08. The van der Waals surface area contributed by atoms with Crippen molar-refractivity contribution in [2.24, 2.45) is 0 Å². The largest absolute Gasteiger partial charge is 0.310 e. The van der Waals surface area contributed by atoms with Crippen LogP contribution in [-0.2, 0) is 6.54 Å². The van der Waals surface area contributed by atoms with Gasteiger partial charge < -0.3 is 5.32 Å². The summed E-state index contributed by atoms with van der Waals surface area (Å²) in [5.41, 5.74) is 3.60. The summed E-state index contributed by atoms with van der Waals surface area (Å²) in [6.45, 7) is 6.69. The summed E-state index contributed by atoms with van der Waals surface area (Å²) in [5, 5.41) is 4.04. The highest BCUT2D eigenvalue weighted by molar-refractivity contribution is 6.30. The fourth-order valence-electron chi connectivity index (χ4n) is 2.05. The quantitative estimate of drug-likeness (QED) is 0.840. The van der Waals surface area contributed by atoms with Gasteiger partial charge in [0.25, 0.3) is 0 Å². The van der Waals surface area contributed by atoms with Crippen LogP contribution in [0.1, 0.15) is 25.0 Å². The Hall–Kier alpha value is -1.38. The van der Waals surface area contributed by atoms with Gasteiger partial charge in [0, 0.05) is 17.6 Å².